The van der Waals surface area contributed by atoms with Gasteiger partial charge in [0, 0.05) is 6.07 Å². The lowest BCUT2D eigenvalue weighted by Gasteiger charge is -2.20. The highest BCUT2D eigenvalue weighted by molar-refractivity contribution is 7.83. The van der Waals surface area contributed by atoms with E-state index in [-0.39, 0.29) is 16.1 Å². The summed E-state index contributed by atoms with van der Waals surface area (Å²) < 4.78 is -1.16. The molecule has 1 aromatic carbocycles. The molecule has 1 atom stereocenters. The van der Waals surface area contributed by atoms with Crippen LogP contribution < -0.4 is 0 Å². The predicted molar refractivity (Wildman–Crippen MR) is 74.1 cm³/mol. The molecule has 2 nitrogen and oxygen atoms in total. The number of rotatable bonds is 2. The van der Waals surface area contributed by atoms with E-state index in [9.17, 15) is 0 Å². The molecule has 1 heterocycles. The van der Waals surface area contributed by atoms with Gasteiger partial charge in [0.25, 0.3) is 0 Å². The summed E-state index contributed by atoms with van der Waals surface area (Å²) in [5.74, 6) is 0.256. The summed E-state index contributed by atoms with van der Waals surface area (Å²) in [7, 11) is 0. The van der Waals surface area contributed by atoms with E-state index >= 15 is 0 Å². The third kappa shape index (κ3) is 2.86. The van der Waals surface area contributed by atoms with Crippen molar-refractivity contribution in [3.05, 3.63) is 58.1 Å². The molecule has 0 radical (unpaired) electrons. The molecule has 1 unspecified atom stereocenters. The van der Waals surface area contributed by atoms with E-state index in [4.69, 9.17) is 34.8 Å². The number of halogens is 3. The number of alkyl halides is 1. The molecule has 0 amide bonds. The highest BCUT2D eigenvalue weighted by Gasteiger charge is 2.31. The van der Waals surface area contributed by atoms with Gasteiger partial charge in [0.2, 0.25) is 0 Å². The summed E-state index contributed by atoms with van der Waals surface area (Å²) in [6.07, 6.45) is 0. The van der Waals surface area contributed by atoms with Gasteiger partial charge in [0.05, 0.1) is 0 Å². The van der Waals surface area contributed by atoms with Gasteiger partial charge < -0.3 is 0 Å². The van der Waals surface area contributed by atoms with Gasteiger partial charge in [-0.1, -0.05) is 65.1 Å². The van der Waals surface area contributed by atoms with Crippen molar-refractivity contribution in [3.63, 3.8) is 0 Å². The van der Waals surface area contributed by atoms with E-state index < -0.39 is 4.21 Å². The van der Waals surface area contributed by atoms with Crippen molar-refractivity contribution in [2.75, 3.05) is 0 Å². The first-order chi connectivity index (χ1) is 8.00. The molecule has 0 spiro atoms. The van der Waals surface area contributed by atoms with Crippen molar-refractivity contribution in [2.24, 2.45) is 0 Å². The lowest BCUT2D eigenvalue weighted by Crippen LogP contribution is -2.16. The normalized spacial score (nSPS) is 14.4. The number of benzene rings is 1. The molecular formula is C11H7Cl3N2S. The minimum atomic E-state index is -1.16. The molecule has 0 aliphatic carbocycles. The molecule has 17 heavy (non-hydrogen) atoms. The molecule has 1 aromatic heterocycles. The third-order valence-corrected chi connectivity index (χ3v) is 3.35. The second kappa shape index (κ2) is 5.02. The van der Waals surface area contributed by atoms with Crippen molar-refractivity contribution in [1.29, 1.82) is 0 Å². The number of hydrogen-bond donors (Lipinski definition) is 1. The Kier molecular flexibility index (Phi) is 3.83. The van der Waals surface area contributed by atoms with Gasteiger partial charge in [0.15, 0.2) is 10.0 Å². The van der Waals surface area contributed by atoms with Gasteiger partial charge in [-0.2, -0.15) is 0 Å². The number of aromatic nitrogens is 2. The van der Waals surface area contributed by atoms with E-state index in [0.29, 0.717) is 0 Å². The van der Waals surface area contributed by atoms with Crippen LogP contribution in [0.1, 0.15) is 11.4 Å². The van der Waals surface area contributed by atoms with Crippen LogP contribution in [0.2, 0.25) is 10.3 Å². The molecular weight excluding hydrogens is 299 g/mol. The molecule has 0 bridgehead atoms. The molecule has 6 heteroatoms. The van der Waals surface area contributed by atoms with Crippen LogP contribution in [0.4, 0.5) is 0 Å². The average Bonchev–Trinajstić information content (AvgIpc) is 2.29. The summed E-state index contributed by atoms with van der Waals surface area (Å²) in [5.41, 5.74) is 0.753. The summed E-state index contributed by atoms with van der Waals surface area (Å²) in [5, 5.41) is 0.463. The van der Waals surface area contributed by atoms with Crippen molar-refractivity contribution < 1.29 is 0 Å². The van der Waals surface area contributed by atoms with Gasteiger partial charge in [-0.05, 0) is 5.56 Å². The van der Waals surface area contributed by atoms with E-state index in [1.165, 1.54) is 6.07 Å². The maximum atomic E-state index is 6.35. The maximum Gasteiger partial charge on any atom is 0.171 e. The monoisotopic (exact) mass is 304 g/mol. The molecule has 0 saturated heterocycles. The lowest BCUT2D eigenvalue weighted by molar-refractivity contribution is 0.899. The van der Waals surface area contributed by atoms with Gasteiger partial charge in [-0.25, -0.2) is 9.97 Å². The first-order valence-electron chi connectivity index (χ1n) is 4.67. The van der Waals surface area contributed by atoms with Crippen LogP contribution in [0.25, 0.3) is 0 Å². The zero-order valence-electron chi connectivity index (χ0n) is 8.44. The average molecular weight is 306 g/mol. The van der Waals surface area contributed by atoms with Crippen LogP contribution in [-0.4, -0.2) is 9.97 Å². The van der Waals surface area contributed by atoms with Crippen molar-refractivity contribution >= 4 is 47.4 Å². The van der Waals surface area contributed by atoms with Crippen molar-refractivity contribution in [1.82, 2.24) is 9.97 Å². The van der Waals surface area contributed by atoms with E-state index in [1.807, 2.05) is 30.3 Å². The van der Waals surface area contributed by atoms with Crippen LogP contribution in [0.3, 0.4) is 0 Å². The van der Waals surface area contributed by atoms with Gasteiger partial charge >= 0.3 is 0 Å². The Labute approximate surface area is 119 Å². The number of nitrogens with zero attached hydrogens (tertiary/aromatic N) is 2. The Morgan fingerprint density at radius 2 is 1.53 bits per heavy atom. The first kappa shape index (κ1) is 13.0. The second-order valence-corrected chi connectivity index (χ2v) is 5.60. The summed E-state index contributed by atoms with van der Waals surface area (Å²) >= 11 is 22.4. The van der Waals surface area contributed by atoms with Gasteiger partial charge in [0.1, 0.15) is 10.3 Å². The van der Waals surface area contributed by atoms with Crippen LogP contribution >= 0.6 is 47.4 Å². The standard InChI is InChI=1S/C11H7Cl3N2S/c12-8-6-9(13)16-10(15-8)11(14,17)7-4-2-1-3-5-7/h1-6,17H. The fraction of sp³-hybridized carbons (Fsp3) is 0.0909. The second-order valence-electron chi connectivity index (χ2n) is 3.33. The Hall–Kier alpha value is -0.480. The largest absolute Gasteiger partial charge is 0.218 e. The summed E-state index contributed by atoms with van der Waals surface area (Å²) in [6.45, 7) is 0. The number of hydrogen-bond acceptors (Lipinski definition) is 3. The Morgan fingerprint density at radius 3 is 2.06 bits per heavy atom. The molecule has 0 N–H and O–H groups in total. The molecule has 0 aliphatic heterocycles. The zero-order chi connectivity index (χ0) is 12.5. The molecule has 0 saturated carbocycles. The third-order valence-electron chi connectivity index (χ3n) is 2.12. The molecule has 0 aliphatic rings. The minimum Gasteiger partial charge on any atom is -0.218 e. The fourth-order valence-corrected chi connectivity index (χ4v) is 2.21. The molecule has 2 aromatic rings. The van der Waals surface area contributed by atoms with Gasteiger partial charge in [-0.15, -0.1) is 12.6 Å². The van der Waals surface area contributed by atoms with E-state index in [2.05, 4.69) is 22.6 Å². The van der Waals surface area contributed by atoms with Crippen molar-refractivity contribution in [2.45, 2.75) is 4.21 Å². The Balaban J connectivity index is 2.51. The topological polar surface area (TPSA) is 25.8 Å². The van der Waals surface area contributed by atoms with Crippen LogP contribution in [0, 0.1) is 0 Å². The predicted octanol–water partition coefficient (Wildman–Crippen LogP) is 4.15. The maximum absolute atomic E-state index is 6.35. The fourth-order valence-electron chi connectivity index (χ4n) is 1.33. The van der Waals surface area contributed by atoms with Crippen LogP contribution in [0.15, 0.2) is 36.4 Å². The number of thiol groups is 1. The SMILES string of the molecule is SC(Cl)(c1ccccc1)c1nc(Cl)cc(Cl)n1. The first-order valence-corrected chi connectivity index (χ1v) is 6.25. The van der Waals surface area contributed by atoms with Crippen LogP contribution in [0.5, 0.6) is 0 Å². The van der Waals surface area contributed by atoms with Gasteiger partial charge in [-0.3, -0.25) is 0 Å². The zero-order valence-corrected chi connectivity index (χ0v) is 11.6. The molecule has 0 fully saturated rings. The summed E-state index contributed by atoms with van der Waals surface area (Å²) in [6, 6.07) is 10.7. The smallest absolute Gasteiger partial charge is 0.171 e. The molecule has 2 rings (SSSR count). The highest BCUT2D eigenvalue weighted by Crippen LogP contribution is 2.38. The highest BCUT2D eigenvalue weighted by atomic mass is 35.5. The quantitative estimate of drug-likeness (QED) is 0.512. The summed E-state index contributed by atoms with van der Waals surface area (Å²) in [4.78, 5) is 8.09. The lowest BCUT2D eigenvalue weighted by atomic mass is 10.1. The van der Waals surface area contributed by atoms with E-state index in [1.54, 1.807) is 0 Å². The van der Waals surface area contributed by atoms with Crippen molar-refractivity contribution in [3.8, 4) is 0 Å². The van der Waals surface area contributed by atoms with E-state index in [0.717, 1.165) is 5.56 Å². The Morgan fingerprint density at radius 1 is 1.00 bits per heavy atom. The Bertz CT molecular complexity index is 511. The van der Waals surface area contributed by atoms with Crippen LogP contribution in [-0.2, 0) is 4.21 Å². The molecule has 88 valence electrons. The minimum absolute atomic E-state index is 0.231.